The fourth-order valence-corrected chi connectivity index (χ4v) is 2.60. The molecule has 8 heteroatoms. The van der Waals surface area contributed by atoms with E-state index in [2.05, 4.69) is 0 Å². The second kappa shape index (κ2) is 7.24. The Morgan fingerprint density at radius 3 is 2.59 bits per heavy atom. The third kappa shape index (κ3) is 4.19. The fraction of sp³-hybridized carbons (Fsp3) is 0.214. The highest BCUT2D eigenvalue weighted by molar-refractivity contribution is 7.17. The molecule has 0 N–H and O–H groups in total. The van der Waals surface area contributed by atoms with Crippen LogP contribution in [0.15, 0.2) is 36.4 Å². The van der Waals surface area contributed by atoms with Gasteiger partial charge in [-0.25, -0.2) is 0 Å². The molecule has 0 saturated carbocycles. The standard InChI is InChI=1S/C14H13ClN2O4S/c1-16(8-9-21-11-4-2-10(15)3-5-11)14(18)12-6-7-13(22-12)17(19)20/h2-7H,8-9H2,1H3. The predicted octanol–water partition coefficient (Wildman–Crippen LogP) is 3.46. The molecule has 0 unspecified atom stereocenters. The number of thiophene rings is 1. The highest BCUT2D eigenvalue weighted by Gasteiger charge is 2.18. The lowest BCUT2D eigenvalue weighted by Crippen LogP contribution is -2.30. The Bertz CT molecular complexity index is 672. The number of hydrogen-bond donors (Lipinski definition) is 0. The highest BCUT2D eigenvalue weighted by Crippen LogP contribution is 2.24. The Balaban J connectivity index is 1.85. The molecular formula is C14H13ClN2O4S. The molecule has 2 aromatic rings. The van der Waals surface area contributed by atoms with Crippen LogP contribution >= 0.6 is 22.9 Å². The summed E-state index contributed by atoms with van der Waals surface area (Å²) in [6.45, 7) is 0.685. The molecule has 0 saturated heterocycles. The lowest BCUT2D eigenvalue weighted by molar-refractivity contribution is -0.380. The van der Waals surface area contributed by atoms with Gasteiger partial charge in [-0.1, -0.05) is 22.9 Å². The summed E-state index contributed by atoms with van der Waals surface area (Å²) in [6, 6.07) is 9.71. The van der Waals surface area contributed by atoms with Crippen molar-refractivity contribution in [1.82, 2.24) is 4.90 Å². The molecule has 1 amide bonds. The van der Waals surface area contributed by atoms with Gasteiger partial charge in [0.2, 0.25) is 0 Å². The van der Waals surface area contributed by atoms with Crippen molar-refractivity contribution in [1.29, 1.82) is 0 Å². The third-order valence-electron chi connectivity index (χ3n) is 2.84. The first-order valence-corrected chi connectivity index (χ1v) is 7.55. The molecule has 0 spiro atoms. The molecule has 1 heterocycles. The van der Waals surface area contributed by atoms with Crippen LogP contribution in [0.5, 0.6) is 5.75 Å². The van der Waals surface area contributed by atoms with Gasteiger partial charge < -0.3 is 9.64 Å². The van der Waals surface area contributed by atoms with E-state index in [0.717, 1.165) is 11.3 Å². The second-order valence-electron chi connectivity index (χ2n) is 4.42. The largest absolute Gasteiger partial charge is 0.492 e. The predicted molar refractivity (Wildman–Crippen MR) is 84.9 cm³/mol. The molecule has 1 aromatic carbocycles. The van der Waals surface area contributed by atoms with Crippen molar-refractivity contribution in [2.24, 2.45) is 0 Å². The minimum atomic E-state index is -0.509. The van der Waals surface area contributed by atoms with Crippen molar-refractivity contribution in [3.05, 3.63) is 56.4 Å². The van der Waals surface area contributed by atoms with Gasteiger partial charge in [-0.05, 0) is 30.3 Å². The number of benzene rings is 1. The summed E-state index contributed by atoms with van der Waals surface area (Å²) in [5.74, 6) is 0.398. The second-order valence-corrected chi connectivity index (χ2v) is 5.92. The number of nitrogens with zero attached hydrogens (tertiary/aromatic N) is 2. The van der Waals surface area contributed by atoms with Gasteiger partial charge in [0.15, 0.2) is 0 Å². The molecule has 0 fully saturated rings. The summed E-state index contributed by atoms with van der Waals surface area (Å²) in [5.41, 5.74) is 0. The van der Waals surface area contributed by atoms with E-state index < -0.39 is 4.92 Å². The molecule has 22 heavy (non-hydrogen) atoms. The van der Waals surface area contributed by atoms with E-state index in [-0.39, 0.29) is 10.9 Å². The fourth-order valence-electron chi connectivity index (χ4n) is 1.66. The van der Waals surface area contributed by atoms with Gasteiger partial charge in [0.25, 0.3) is 5.91 Å². The number of nitro groups is 1. The van der Waals surface area contributed by atoms with E-state index in [9.17, 15) is 14.9 Å². The number of rotatable bonds is 6. The monoisotopic (exact) mass is 340 g/mol. The maximum absolute atomic E-state index is 12.1. The molecular weight excluding hydrogens is 328 g/mol. The van der Waals surface area contributed by atoms with Crippen LogP contribution in [0.25, 0.3) is 0 Å². The SMILES string of the molecule is CN(CCOc1ccc(Cl)cc1)C(=O)c1ccc([N+](=O)[O-])s1. The van der Waals surface area contributed by atoms with Gasteiger partial charge in [-0.3, -0.25) is 14.9 Å². The van der Waals surface area contributed by atoms with E-state index in [1.54, 1.807) is 31.3 Å². The minimum Gasteiger partial charge on any atom is -0.492 e. The van der Waals surface area contributed by atoms with Crippen molar-refractivity contribution in [3.63, 3.8) is 0 Å². The molecule has 1 aromatic heterocycles. The maximum Gasteiger partial charge on any atom is 0.324 e. The summed E-state index contributed by atoms with van der Waals surface area (Å²) in [7, 11) is 1.62. The summed E-state index contributed by atoms with van der Waals surface area (Å²) in [5, 5.41) is 11.2. The quantitative estimate of drug-likeness (QED) is 0.596. The van der Waals surface area contributed by atoms with E-state index >= 15 is 0 Å². The Labute approximate surface area is 136 Å². The Morgan fingerprint density at radius 1 is 1.32 bits per heavy atom. The molecule has 0 atom stereocenters. The van der Waals surface area contributed by atoms with E-state index in [4.69, 9.17) is 16.3 Å². The van der Waals surface area contributed by atoms with Gasteiger partial charge in [-0.2, -0.15) is 0 Å². The van der Waals surface area contributed by atoms with Gasteiger partial charge >= 0.3 is 5.00 Å². The normalized spacial score (nSPS) is 10.3. The number of halogens is 1. The summed E-state index contributed by atoms with van der Waals surface area (Å²) in [4.78, 5) is 24.0. The number of likely N-dealkylation sites (N-methyl/N-ethyl adjacent to an activating group) is 1. The topological polar surface area (TPSA) is 72.7 Å². The van der Waals surface area contributed by atoms with Crippen molar-refractivity contribution in [2.45, 2.75) is 0 Å². The van der Waals surface area contributed by atoms with Crippen molar-refractivity contribution in [2.75, 3.05) is 20.2 Å². The Hall–Kier alpha value is -2.12. The number of carbonyl (C=O) groups excluding carboxylic acids is 1. The smallest absolute Gasteiger partial charge is 0.324 e. The van der Waals surface area contributed by atoms with Crippen LogP contribution in [0, 0.1) is 10.1 Å². The van der Waals surface area contributed by atoms with Crippen LogP contribution in [0.3, 0.4) is 0 Å². The third-order valence-corrected chi connectivity index (χ3v) is 4.12. The van der Waals surface area contributed by atoms with E-state index in [1.165, 1.54) is 17.0 Å². The number of carbonyl (C=O) groups is 1. The van der Waals surface area contributed by atoms with E-state index in [0.29, 0.717) is 28.8 Å². The zero-order valence-corrected chi connectivity index (χ0v) is 13.3. The van der Waals surface area contributed by atoms with Crippen LogP contribution in [-0.4, -0.2) is 35.9 Å². The van der Waals surface area contributed by atoms with Crippen LogP contribution in [0.4, 0.5) is 5.00 Å². The molecule has 0 aliphatic carbocycles. The van der Waals surface area contributed by atoms with E-state index in [1.807, 2.05) is 0 Å². The first kappa shape index (κ1) is 16.3. The highest BCUT2D eigenvalue weighted by atomic mass is 35.5. The van der Waals surface area contributed by atoms with Gasteiger partial charge in [0, 0.05) is 18.1 Å². The summed E-state index contributed by atoms with van der Waals surface area (Å²) < 4.78 is 5.50. The molecule has 6 nitrogen and oxygen atoms in total. The zero-order valence-electron chi connectivity index (χ0n) is 11.7. The van der Waals surface area contributed by atoms with Gasteiger partial charge in [0.1, 0.15) is 12.4 Å². The van der Waals surface area contributed by atoms with Crippen molar-refractivity contribution >= 4 is 33.8 Å². The van der Waals surface area contributed by atoms with Gasteiger partial charge in [0.05, 0.1) is 16.3 Å². The van der Waals surface area contributed by atoms with Crippen LogP contribution in [-0.2, 0) is 0 Å². The van der Waals surface area contributed by atoms with Crippen LogP contribution in [0.2, 0.25) is 5.02 Å². The number of hydrogen-bond acceptors (Lipinski definition) is 5. The molecule has 0 aliphatic rings. The summed E-state index contributed by atoms with van der Waals surface area (Å²) in [6.07, 6.45) is 0. The average Bonchev–Trinajstić information content (AvgIpc) is 2.98. The van der Waals surface area contributed by atoms with Crippen LogP contribution in [0.1, 0.15) is 9.67 Å². The molecule has 0 aliphatic heterocycles. The zero-order chi connectivity index (χ0) is 16.1. The minimum absolute atomic E-state index is 0.0471. The first-order valence-electron chi connectivity index (χ1n) is 6.35. The lowest BCUT2D eigenvalue weighted by atomic mass is 10.3. The molecule has 0 bridgehead atoms. The Morgan fingerprint density at radius 2 is 2.00 bits per heavy atom. The lowest BCUT2D eigenvalue weighted by Gasteiger charge is -2.16. The summed E-state index contributed by atoms with van der Waals surface area (Å²) >= 11 is 6.64. The molecule has 116 valence electrons. The molecule has 0 radical (unpaired) electrons. The average molecular weight is 341 g/mol. The Kier molecular flexibility index (Phi) is 5.35. The number of ether oxygens (including phenoxy) is 1. The number of amides is 1. The first-order chi connectivity index (χ1) is 10.5. The molecule has 2 rings (SSSR count). The maximum atomic E-state index is 12.1. The van der Waals surface area contributed by atoms with Crippen LogP contribution < -0.4 is 4.74 Å². The van der Waals surface area contributed by atoms with Crippen molar-refractivity contribution in [3.8, 4) is 5.75 Å². The van der Waals surface area contributed by atoms with Gasteiger partial charge in [-0.15, -0.1) is 0 Å². The van der Waals surface area contributed by atoms with Crippen molar-refractivity contribution < 1.29 is 14.5 Å².